The summed E-state index contributed by atoms with van der Waals surface area (Å²) in [6.45, 7) is 8.28. The van der Waals surface area contributed by atoms with Crippen molar-refractivity contribution in [3.63, 3.8) is 0 Å². The van der Waals surface area contributed by atoms with Gasteiger partial charge in [-0.25, -0.2) is 0 Å². The lowest BCUT2D eigenvalue weighted by Crippen LogP contribution is -2.12. The molecule has 0 fully saturated rings. The van der Waals surface area contributed by atoms with E-state index >= 15 is 0 Å². The fraction of sp³-hybridized carbons (Fsp3) is 0.533. The molecule has 0 aliphatic rings. The quantitative estimate of drug-likeness (QED) is 0.595. The summed E-state index contributed by atoms with van der Waals surface area (Å²) < 4.78 is 5.40. The normalized spacial score (nSPS) is 11.1. The summed E-state index contributed by atoms with van der Waals surface area (Å²) in [7, 11) is 1.71. The smallest absolute Gasteiger partial charge is 0.128 e. The second-order valence-corrected chi connectivity index (χ2v) is 4.36. The third-order valence-electron chi connectivity index (χ3n) is 2.97. The number of ether oxygens (including phenoxy) is 1. The van der Waals surface area contributed by atoms with Crippen LogP contribution in [0.3, 0.4) is 0 Å². The zero-order chi connectivity index (χ0) is 13.4. The van der Waals surface area contributed by atoms with Gasteiger partial charge in [-0.15, -0.1) is 0 Å². The van der Waals surface area contributed by atoms with E-state index in [2.05, 4.69) is 36.3 Å². The standard InChI is InChI=1S/C15H24N2O/c1-5-16-10-8-6-7-9-14-13(3)15(18-4)12(2)11-17-14/h6-7,11,16H,5,8-10H2,1-4H3. The van der Waals surface area contributed by atoms with Crippen LogP contribution in [0.25, 0.3) is 0 Å². The first kappa shape index (κ1) is 14.7. The topological polar surface area (TPSA) is 34.2 Å². The molecule has 0 radical (unpaired) electrons. The van der Waals surface area contributed by atoms with E-state index in [4.69, 9.17) is 4.74 Å². The monoisotopic (exact) mass is 248 g/mol. The second-order valence-electron chi connectivity index (χ2n) is 4.36. The van der Waals surface area contributed by atoms with Gasteiger partial charge in [-0.05, 0) is 33.4 Å². The van der Waals surface area contributed by atoms with Gasteiger partial charge in [-0.1, -0.05) is 19.1 Å². The molecule has 0 aliphatic heterocycles. The molecule has 3 nitrogen and oxygen atoms in total. The first-order valence-corrected chi connectivity index (χ1v) is 6.55. The maximum absolute atomic E-state index is 5.40. The summed E-state index contributed by atoms with van der Waals surface area (Å²) in [4.78, 5) is 4.47. The van der Waals surface area contributed by atoms with Gasteiger partial charge in [-0.2, -0.15) is 0 Å². The SMILES string of the molecule is CCNCCC=CCc1ncc(C)c(OC)c1C. The summed E-state index contributed by atoms with van der Waals surface area (Å²) in [6, 6.07) is 0. The maximum Gasteiger partial charge on any atom is 0.128 e. The molecule has 0 unspecified atom stereocenters. The average molecular weight is 248 g/mol. The number of methoxy groups -OCH3 is 1. The number of nitrogens with one attached hydrogen (secondary N) is 1. The fourth-order valence-corrected chi connectivity index (χ4v) is 1.95. The molecule has 1 N–H and O–H groups in total. The van der Waals surface area contributed by atoms with Gasteiger partial charge in [0.25, 0.3) is 0 Å². The van der Waals surface area contributed by atoms with Crippen LogP contribution in [0.1, 0.15) is 30.2 Å². The molecule has 1 heterocycles. The van der Waals surface area contributed by atoms with Crippen LogP contribution in [0.2, 0.25) is 0 Å². The molecule has 18 heavy (non-hydrogen) atoms. The predicted molar refractivity (Wildman–Crippen MR) is 76.3 cm³/mol. The zero-order valence-corrected chi connectivity index (χ0v) is 11.9. The third-order valence-corrected chi connectivity index (χ3v) is 2.97. The molecule has 3 heteroatoms. The number of hydrogen-bond donors (Lipinski definition) is 1. The van der Waals surface area contributed by atoms with Crippen LogP contribution in [0.15, 0.2) is 18.3 Å². The van der Waals surface area contributed by atoms with Crippen LogP contribution in [-0.4, -0.2) is 25.2 Å². The summed E-state index contributed by atoms with van der Waals surface area (Å²) in [5, 5.41) is 3.30. The minimum atomic E-state index is 0.870. The van der Waals surface area contributed by atoms with E-state index in [-0.39, 0.29) is 0 Å². The summed E-state index contributed by atoms with van der Waals surface area (Å²) >= 11 is 0. The van der Waals surface area contributed by atoms with Crippen molar-refractivity contribution in [2.24, 2.45) is 0 Å². The van der Waals surface area contributed by atoms with Crippen LogP contribution < -0.4 is 10.1 Å². The van der Waals surface area contributed by atoms with Crippen LogP contribution >= 0.6 is 0 Å². The Bertz CT molecular complexity index is 400. The van der Waals surface area contributed by atoms with E-state index in [1.165, 1.54) is 0 Å². The number of nitrogens with zero attached hydrogens (tertiary/aromatic N) is 1. The van der Waals surface area contributed by atoms with Gasteiger partial charge in [0.2, 0.25) is 0 Å². The Balaban J connectivity index is 2.57. The highest BCUT2D eigenvalue weighted by molar-refractivity contribution is 5.41. The molecule has 100 valence electrons. The Kier molecular flexibility index (Phi) is 6.44. The molecule has 0 aliphatic carbocycles. The Labute approximate surface area is 110 Å². The molecule has 0 aromatic carbocycles. The minimum absolute atomic E-state index is 0.870. The Morgan fingerprint density at radius 3 is 2.78 bits per heavy atom. The van der Waals surface area contributed by atoms with Gasteiger partial charge in [0.1, 0.15) is 5.75 Å². The maximum atomic E-state index is 5.40. The molecule has 1 aromatic heterocycles. The minimum Gasteiger partial charge on any atom is -0.496 e. The molecular weight excluding hydrogens is 224 g/mol. The van der Waals surface area contributed by atoms with E-state index in [1.54, 1.807) is 7.11 Å². The van der Waals surface area contributed by atoms with Crippen molar-refractivity contribution in [1.82, 2.24) is 10.3 Å². The van der Waals surface area contributed by atoms with Crippen LogP contribution in [0, 0.1) is 13.8 Å². The first-order chi connectivity index (χ1) is 8.70. The highest BCUT2D eigenvalue weighted by Crippen LogP contribution is 2.24. The average Bonchev–Trinajstić information content (AvgIpc) is 2.36. The third kappa shape index (κ3) is 4.15. The van der Waals surface area contributed by atoms with Crippen LogP contribution in [0.4, 0.5) is 0 Å². The number of aryl methyl sites for hydroxylation is 1. The Morgan fingerprint density at radius 2 is 2.11 bits per heavy atom. The zero-order valence-electron chi connectivity index (χ0n) is 11.9. The second kappa shape index (κ2) is 7.88. The van der Waals surface area contributed by atoms with Gasteiger partial charge in [0.15, 0.2) is 0 Å². The largest absolute Gasteiger partial charge is 0.496 e. The number of pyridine rings is 1. The lowest BCUT2D eigenvalue weighted by atomic mass is 10.1. The van der Waals surface area contributed by atoms with Crippen molar-refractivity contribution in [3.8, 4) is 5.75 Å². The van der Waals surface area contributed by atoms with Crippen molar-refractivity contribution in [2.75, 3.05) is 20.2 Å². The summed E-state index contributed by atoms with van der Waals surface area (Å²) in [6.07, 6.45) is 8.20. The fourth-order valence-electron chi connectivity index (χ4n) is 1.95. The Hall–Kier alpha value is -1.35. The molecule has 0 atom stereocenters. The van der Waals surface area contributed by atoms with E-state index in [0.29, 0.717) is 0 Å². The van der Waals surface area contributed by atoms with E-state index in [0.717, 1.165) is 48.5 Å². The lowest BCUT2D eigenvalue weighted by molar-refractivity contribution is 0.407. The van der Waals surface area contributed by atoms with Crippen molar-refractivity contribution < 1.29 is 4.74 Å². The van der Waals surface area contributed by atoms with Crippen molar-refractivity contribution in [3.05, 3.63) is 35.2 Å². The molecule has 0 amide bonds. The summed E-state index contributed by atoms with van der Waals surface area (Å²) in [5.74, 6) is 0.959. The lowest BCUT2D eigenvalue weighted by Gasteiger charge is -2.10. The molecule has 1 rings (SSSR count). The molecule has 0 saturated carbocycles. The predicted octanol–water partition coefficient (Wildman–Crippen LogP) is 2.81. The highest BCUT2D eigenvalue weighted by atomic mass is 16.5. The first-order valence-electron chi connectivity index (χ1n) is 6.55. The van der Waals surface area contributed by atoms with Crippen LogP contribution in [-0.2, 0) is 6.42 Å². The van der Waals surface area contributed by atoms with E-state index < -0.39 is 0 Å². The van der Waals surface area contributed by atoms with Crippen molar-refractivity contribution in [2.45, 2.75) is 33.6 Å². The van der Waals surface area contributed by atoms with Gasteiger partial charge in [0, 0.05) is 23.7 Å². The van der Waals surface area contributed by atoms with Gasteiger partial charge in [0.05, 0.1) is 12.8 Å². The highest BCUT2D eigenvalue weighted by Gasteiger charge is 2.07. The number of rotatable bonds is 7. The molecule has 0 bridgehead atoms. The van der Waals surface area contributed by atoms with Crippen molar-refractivity contribution >= 4 is 0 Å². The van der Waals surface area contributed by atoms with Gasteiger partial charge >= 0.3 is 0 Å². The number of hydrogen-bond acceptors (Lipinski definition) is 3. The van der Waals surface area contributed by atoms with E-state index in [1.807, 2.05) is 13.1 Å². The molecule has 1 aromatic rings. The van der Waals surface area contributed by atoms with Gasteiger partial charge < -0.3 is 10.1 Å². The number of allylic oxidation sites excluding steroid dienone is 1. The van der Waals surface area contributed by atoms with Gasteiger partial charge in [-0.3, -0.25) is 4.98 Å². The molecule has 0 saturated heterocycles. The Morgan fingerprint density at radius 1 is 1.33 bits per heavy atom. The molecular formula is C15H24N2O. The van der Waals surface area contributed by atoms with Crippen molar-refractivity contribution in [1.29, 1.82) is 0 Å². The van der Waals surface area contributed by atoms with E-state index in [9.17, 15) is 0 Å². The number of aromatic nitrogens is 1. The molecule has 0 spiro atoms. The van der Waals surface area contributed by atoms with Crippen LogP contribution in [0.5, 0.6) is 5.75 Å². The summed E-state index contributed by atoms with van der Waals surface area (Å²) in [5.41, 5.74) is 3.33.